The van der Waals surface area contributed by atoms with Crippen LogP contribution in [0.25, 0.3) is 0 Å². The molecule has 124 valence electrons. The van der Waals surface area contributed by atoms with Crippen molar-refractivity contribution >= 4 is 11.7 Å². The minimum Gasteiger partial charge on any atom is -0.357 e. The van der Waals surface area contributed by atoms with Crippen molar-refractivity contribution in [2.75, 3.05) is 25.0 Å². The Morgan fingerprint density at radius 2 is 2.17 bits per heavy atom. The maximum absolute atomic E-state index is 12.5. The van der Waals surface area contributed by atoms with Crippen molar-refractivity contribution in [2.45, 2.75) is 25.3 Å². The highest BCUT2D eigenvalue weighted by Crippen LogP contribution is 2.50. The topological polar surface area (TPSA) is 75.1 Å². The van der Waals surface area contributed by atoms with Crippen molar-refractivity contribution in [2.24, 2.45) is 5.41 Å². The Labute approximate surface area is 140 Å². The SMILES string of the molecule is CN(c1ccncn1)C1CC2(CCN(C(=O)c3ccnnc3)C2)C1. The third-order valence-corrected chi connectivity index (χ3v) is 5.37. The summed E-state index contributed by atoms with van der Waals surface area (Å²) in [5.74, 6) is 1.02. The quantitative estimate of drug-likeness (QED) is 0.849. The second-order valence-electron chi connectivity index (χ2n) is 6.85. The van der Waals surface area contributed by atoms with Crippen molar-refractivity contribution in [3.05, 3.63) is 42.6 Å². The van der Waals surface area contributed by atoms with Crippen LogP contribution in [0, 0.1) is 5.41 Å². The van der Waals surface area contributed by atoms with Crippen LogP contribution in [0.5, 0.6) is 0 Å². The van der Waals surface area contributed by atoms with Gasteiger partial charge in [0.2, 0.25) is 0 Å². The van der Waals surface area contributed by atoms with Crippen LogP contribution in [-0.2, 0) is 0 Å². The average Bonchev–Trinajstić information content (AvgIpc) is 3.06. The number of rotatable bonds is 3. The standard InChI is InChI=1S/C17H20N6O/c1-22(15-3-5-18-12-19-15)14-8-17(9-14)4-7-23(11-17)16(24)13-2-6-20-21-10-13/h2-3,5-6,10,12,14H,4,7-9,11H2,1H3. The van der Waals surface area contributed by atoms with Crippen LogP contribution >= 0.6 is 0 Å². The van der Waals surface area contributed by atoms with Crippen LogP contribution in [0.3, 0.4) is 0 Å². The first-order valence-electron chi connectivity index (χ1n) is 8.22. The van der Waals surface area contributed by atoms with Crippen LogP contribution in [-0.4, -0.2) is 57.2 Å². The van der Waals surface area contributed by atoms with E-state index in [4.69, 9.17) is 0 Å². The summed E-state index contributed by atoms with van der Waals surface area (Å²) in [6.07, 6.45) is 9.74. The van der Waals surface area contributed by atoms with Gasteiger partial charge in [0.1, 0.15) is 12.1 Å². The first kappa shape index (κ1) is 15.0. The molecule has 4 rings (SSSR count). The van der Waals surface area contributed by atoms with Gasteiger partial charge in [-0.05, 0) is 36.8 Å². The molecule has 1 spiro atoms. The predicted molar refractivity (Wildman–Crippen MR) is 88.4 cm³/mol. The first-order chi connectivity index (χ1) is 11.7. The Kier molecular flexibility index (Phi) is 3.63. The molecule has 0 atom stereocenters. The number of carbonyl (C=O) groups excluding carboxylic acids is 1. The van der Waals surface area contributed by atoms with Gasteiger partial charge >= 0.3 is 0 Å². The van der Waals surface area contributed by atoms with Crippen LogP contribution in [0.4, 0.5) is 5.82 Å². The molecule has 24 heavy (non-hydrogen) atoms. The number of amides is 1. The zero-order valence-electron chi connectivity index (χ0n) is 13.7. The number of aromatic nitrogens is 4. The highest BCUT2D eigenvalue weighted by atomic mass is 16.2. The lowest BCUT2D eigenvalue weighted by molar-refractivity contribution is 0.0698. The van der Waals surface area contributed by atoms with Gasteiger partial charge in [-0.3, -0.25) is 4.79 Å². The first-order valence-corrected chi connectivity index (χ1v) is 8.22. The number of carbonyl (C=O) groups is 1. The smallest absolute Gasteiger partial charge is 0.255 e. The lowest BCUT2D eigenvalue weighted by Crippen LogP contribution is -2.51. The van der Waals surface area contributed by atoms with E-state index in [-0.39, 0.29) is 11.3 Å². The van der Waals surface area contributed by atoms with E-state index in [0.29, 0.717) is 11.6 Å². The van der Waals surface area contributed by atoms with Gasteiger partial charge in [0, 0.05) is 32.4 Å². The molecule has 2 aliphatic rings. The van der Waals surface area contributed by atoms with E-state index in [1.807, 2.05) is 11.0 Å². The van der Waals surface area contributed by atoms with E-state index in [1.54, 1.807) is 31.0 Å². The molecule has 1 aliphatic carbocycles. The molecule has 7 heteroatoms. The summed E-state index contributed by atoms with van der Waals surface area (Å²) >= 11 is 0. The van der Waals surface area contributed by atoms with Crippen molar-refractivity contribution in [1.82, 2.24) is 25.1 Å². The molecule has 0 radical (unpaired) electrons. The predicted octanol–water partition coefficient (Wildman–Crippen LogP) is 1.40. The minimum atomic E-state index is 0.0642. The molecule has 7 nitrogen and oxygen atoms in total. The second kappa shape index (κ2) is 5.81. The van der Waals surface area contributed by atoms with Crippen molar-refractivity contribution in [3.8, 4) is 0 Å². The summed E-state index contributed by atoms with van der Waals surface area (Å²) in [6, 6.07) is 4.15. The Balaban J connectivity index is 1.37. The van der Waals surface area contributed by atoms with Gasteiger partial charge in [-0.1, -0.05) is 0 Å². The Morgan fingerprint density at radius 1 is 1.29 bits per heavy atom. The fourth-order valence-electron chi connectivity index (χ4n) is 3.93. The van der Waals surface area contributed by atoms with Gasteiger partial charge in [-0.2, -0.15) is 10.2 Å². The van der Waals surface area contributed by atoms with E-state index in [2.05, 4.69) is 32.1 Å². The molecule has 2 aromatic heterocycles. The van der Waals surface area contributed by atoms with Gasteiger partial charge in [0.05, 0.1) is 18.0 Å². The number of hydrogen-bond acceptors (Lipinski definition) is 6. The summed E-state index contributed by atoms with van der Waals surface area (Å²) in [5, 5.41) is 7.53. The molecule has 1 saturated carbocycles. The number of nitrogens with zero attached hydrogens (tertiary/aromatic N) is 6. The fourth-order valence-corrected chi connectivity index (χ4v) is 3.93. The molecule has 1 amide bonds. The second-order valence-corrected chi connectivity index (χ2v) is 6.85. The van der Waals surface area contributed by atoms with E-state index in [9.17, 15) is 4.79 Å². The van der Waals surface area contributed by atoms with E-state index < -0.39 is 0 Å². The minimum absolute atomic E-state index is 0.0642. The maximum atomic E-state index is 12.5. The van der Waals surface area contributed by atoms with Gasteiger partial charge in [-0.25, -0.2) is 9.97 Å². The number of hydrogen-bond donors (Lipinski definition) is 0. The number of likely N-dealkylation sites (tertiary alicyclic amines) is 1. The molecule has 1 aliphatic heterocycles. The average molecular weight is 324 g/mol. The Bertz CT molecular complexity index is 716. The zero-order valence-corrected chi connectivity index (χ0v) is 13.7. The monoisotopic (exact) mass is 324 g/mol. The van der Waals surface area contributed by atoms with E-state index in [0.717, 1.165) is 38.2 Å². The van der Waals surface area contributed by atoms with Crippen LogP contribution in [0.2, 0.25) is 0 Å². The molecule has 0 bridgehead atoms. The Morgan fingerprint density at radius 3 is 2.88 bits per heavy atom. The fraction of sp³-hybridized carbons (Fsp3) is 0.471. The van der Waals surface area contributed by atoms with Crippen LogP contribution in [0.1, 0.15) is 29.6 Å². The van der Waals surface area contributed by atoms with Crippen molar-refractivity contribution in [3.63, 3.8) is 0 Å². The summed E-state index contributed by atoms with van der Waals surface area (Å²) in [7, 11) is 2.08. The van der Waals surface area contributed by atoms with Crippen molar-refractivity contribution in [1.29, 1.82) is 0 Å². The van der Waals surface area contributed by atoms with Gasteiger partial charge in [0.15, 0.2) is 0 Å². The molecule has 2 aromatic rings. The molecule has 2 fully saturated rings. The van der Waals surface area contributed by atoms with Gasteiger partial charge < -0.3 is 9.80 Å². The van der Waals surface area contributed by atoms with E-state index >= 15 is 0 Å². The van der Waals surface area contributed by atoms with Gasteiger partial charge in [0.25, 0.3) is 5.91 Å². The summed E-state index contributed by atoms with van der Waals surface area (Å²) in [5.41, 5.74) is 0.887. The normalized spacial score (nSPS) is 25.5. The molecule has 3 heterocycles. The van der Waals surface area contributed by atoms with Crippen LogP contribution in [0.15, 0.2) is 37.1 Å². The lowest BCUT2D eigenvalue weighted by Gasteiger charge is -2.49. The highest BCUT2D eigenvalue weighted by Gasteiger charge is 2.50. The number of anilines is 1. The molecule has 0 unspecified atom stereocenters. The molecular weight excluding hydrogens is 304 g/mol. The van der Waals surface area contributed by atoms with Gasteiger partial charge in [-0.15, -0.1) is 0 Å². The van der Waals surface area contributed by atoms with Crippen molar-refractivity contribution < 1.29 is 4.79 Å². The summed E-state index contributed by atoms with van der Waals surface area (Å²) in [4.78, 5) is 25.0. The lowest BCUT2D eigenvalue weighted by atomic mass is 9.64. The molecule has 0 N–H and O–H groups in total. The molecule has 0 aromatic carbocycles. The molecule has 1 saturated heterocycles. The molecular formula is C17H20N6O. The summed E-state index contributed by atoms with van der Waals surface area (Å²) < 4.78 is 0. The third-order valence-electron chi connectivity index (χ3n) is 5.37. The van der Waals surface area contributed by atoms with Crippen LogP contribution < -0.4 is 4.90 Å². The zero-order chi connectivity index (χ0) is 16.6. The van der Waals surface area contributed by atoms with E-state index in [1.165, 1.54) is 0 Å². The third kappa shape index (κ3) is 2.60. The maximum Gasteiger partial charge on any atom is 0.255 e. The largest absolute Gasteiger partial charge is 0.357 e. The summed E-state index contributed by atoms with van der Waals surface area (Å²) in [6.45, 7) is 1.66. The Hall–Kier alpha value is -2.57. The highest BCUT2D eigenvalue weighted by molar-refractivity contribution is 5.94.